The summed E-state index contributed by atoms with van der Waals surface area (Å²) in [5.74, 6) is -1.71. The average Bonchev–Trinajstić information content (AvgIpc) is 2.25. The van der Waals surface area contributed by atoms with Crippen LogP contribution in [0.25, 0.3) is 0 Å². The molecule has 0 spiro atoms. The number of sulfone groups is 1. The molecule has 0 radical (unpaired) electrons. The summed E-state index contributed by atoms with van der Waals surface area (Å²) in [6, 6.07) is 1.44. The van der Waals surface area contributed by atoms with Crippen molar-refractivity contribution in [1.29, 1.82) is 0 Å². The zero-order valence-electron chi connectivity index (χ0n) is 10.2. The molecule has 0 bridgehead atoms. The van der Waals surface area contributed by atoms with Crippen molar-refractivity contribution in [2.45, 2.75) is 37.2 Å². The Morgan fingerprint density at radius 1 is 1.28 bits per heavy atom. The molecule has 100 valence electrons. The highest BCUT2D eigenvalue weighted by Gasteiger charge is 2.35. The zero-order valence-corrected chi connectivity index (χ0v) is 11.0. The van der Waals surface area contributed by atoms with Crippen LogP contribution in [-0.2, 0) is 9.84 Å². The van der Waals surface area contributed by atoms with Crippen molar-refractivity contribution >= 4 is 9.84 Å². The van der Waals surface area contributed by atoms with Gasteiger partial charge < -0.3 is 5.32 Å². The monoisotopic (exact) mass is 275 g/mol. The standard InChI is InChI=1S/C12H15F2NO2S/c1-7(2)15-10-5-6-18(16,17)12-9(14)4-3-8(13)11(10)12/h3-4,7,10,15H,5-6H2,1-2H3. The molecule has 1 heterocycles. The Kier molecular flexibility index (Phi) is 3.42. The predicted molar refractivity (Wildman–Crippen MR) is 64.0 cm³/mol. The van der Waals surface area contributed by atoms with E-state index in [9.17, 15) is 17.2 Å². The third-order valence-electron chi connectivity index (χ3n) is 2.96. The van der Waals surface area contributed by atoms with E-state index in [1.165, 1.54) is 0 Å². The van der Waals surface area contributed by atoms with Crippen molar-refractivity contribution in [2.75, 3.05) is 5.75 Å². The Morgan fingerprint density at radius 3 is 2.50 bits per heavy atom. The molecule has 6 heteroatoms. The lowest BCUT2D eigenvalue weighted by molar-refractivity contribution is 0.420. The molecule has 1 aliphatic rings. The van der Waals surface area contributed by atoms with Gasteiger partial charge in [0.05, 0.1) is 5.75 Å². The summed E-state index contributed by atoms with van der Waals surface area (Å²) in [4.78, 5) is -0.480. The van der Waals surface area contributed by atoms with Crippen molar-refractivity contribution in [3.05, 3.63) is 29.3 Å². The number of rotatable bonds is 2. The van der Waals surface area contributed by atoms with Crippen molar-refractivity contribution < 1.29 is 17.2 Å². The normalized spacial score (nSPS) is 21.9. The largest absolute Gasteiger partial charge is 0.308 e. The highest BCUT2D eigenvalue weighted by Crippen LogP contribution is 2.35. The lowest BCUT2D eigenvalue weighted by atomic mass is 10.0. The highest BCUT2D eigenvalue weighted by atomic mass is 32.2. The molecule has 18 heavy (non-hydrogen) atoms. The lowest BCUT2D eigenvalue weighted by Crippen LogP contribution is -2.35. The highest BCUT2D eigenvalue weighted by molar-refractivity contribution is 7.91. The molecule has 0 saturated carbocycles. The summed E-state index contributed by atoms with van der Waals surface area (Å²) in [7, 11) is -3.72. The smallest absolute Gasteiger partial charge is 0.181 e. The first kappa shape index (κ1) is 13.4. The van der Waals surface area contributed by atoms with Crippen molar-refractivity contribution in [3.8, 4) is 0 Å². The summed E-state index contributed by atoms with van der Waals surface area (Å²) in [6.07, 6.45) is 0.258. The van der Waals surface area contributed by atoms with E-state index in [-0.39, 0.29) is 23.8 Å². The van der Waals surface area contributed by atoms with E-state index in [2.05, 4.69) is 5.32 Å². The Balaban J connectivity index is 2.62. The molecule has 1 atom stereocenters. The van der Waals surface area contributed by atoms with E-state index in [0.717, 1.165) is 12.1 Å². The van der Waals surface area contributed by atoms with Gasteiger partial charge in [0.1, 0.15) is 16.5 Å². The summed E-state index contributed by atoms with van der Waals surface area (Å²) >= 11 is 0. The fraction of sp³-hybridized carbons (Fsp3) is 0.500. The number of fused-ring (bicyclic) bond motifs is 1. The Morgan fingerprint density at radius 2 is 1.89 bits per heavy atom. The van der Waals surface area contributed by atoms with Crippen molar-refractivity contribution in [1.82, 2.24) is 5.32 Å². The zero-order chi connectivity index (χ0) is 13.5. The molecule has 0 aliphatic carbocycles. The lowest BCUT2D eigenvalue weighted by Gasteiger charge is -2.28. The van der Waals surface area contributed by atoms with Gasteiger partial charge in [-0.2, -0.15) is 0 Å². The van der Waals surface area contributed by atoms with Gasteiger partial charge in [0.15, 0.2) is 9.84 Å². The molecular formula is C12H15F2NO2S. The molecule has 0 fully saturated rings. The van der Waals surface area contributed by atoms with Crippen molar-refractivity contribution in [3.63, 3.8) is 0 Å². The molecule has 1 unspecified atom stereocenters. The molecule has 3 nitrogen and oxygen atoms in total. The third-order valence-corrected chi connectivity index (χ3v) is 4.77. The Hall–Kier alpha value is -1.01. The second-order valence-electron chi connectivity index (χ2n) is 4.75. The number of halogens is 2. The maximum atomic E-state index is 13.8. The maximum absolute atomic E-state index is 13.8. The van der Waals surface area contributed by atoms with E-state index >= 15 is 0 Å². The molecule has 1 aromatic carbocycles. The van der Waals surface area contributed by atoms with Gasteiger partial charge in [-0.1, -0.05) is 13.8 Å². The summed E-state index contributed by atoms with van der Waals surface area (Å²) in [5.41, 5.74) is -0.0602. The predicted octanol–water partition coefficient (Wildman–Crippen LogP) is 2.18. The fourth-order valence-electron chi connectivity index (χ4n) is 2.28. The molecule has 0 amide bonds. The number of hydrogen-bond acceptors (Lipinski definition) is 3. The van der Waals surface area contributed by atoms with Gasteiger partial charge in [-0.3, -0.25) is 0 Å². The van der Waals surface area contributed by atoms with Crippen LogP contribution in [0.2, 0.25) is 0 Å². The fourth-order valence-corrected chi connectivity index (χ4v) is 3.97. The van der Waals surface area contributed by atoms with E-state index in [4.69, 9.17) is 0 Å². The van der Waals surface area contributed by atoms with Gasteiger partial charge in [0.2, 0.25) is 0 Å². The Bertz CT molecular complexity index is 570. The van der Waals surface area contributed by atoms with Crippen LogP contribution < -0.4 is 5.32 Å². The van der Waals surface area contributed by atoms with Crippen LogP contribution in [0.4, 0.5) is 8.78 Å². The molecular weight excluding hydrogens is 260 g/mol. The first-order valence-corrected chi connectivity index (χ1v) is 7.45. The summed E-state index contributed by atoms with van der Waals surface area (Å²) < 4.78 is 51.2. The van der Waals surface area contributed by atoms with Crippen LogP contribution in [-0.4, -0.2) is 20.2 Å². The van der Waals surface area contributed by atoms with Crippen molar-refractivity contribution in [2.24, 2.45) is 0 Å². The van der Waals surface area contributed by atoms with Crippen LogP contribution in [0.1, 0.15) is 31.9 Å². The van der Waals surface area contributed by atoms with E-state index < -0.39 is 32.4 Å². The van der Waals surface area contributed by atoms with Crippen LogP contribution in [0.5, 0.6) is 0 Å². The minimum absolute atomic E-state index is 0.0602. The van der Waals surface area contributed by atoms with Gasteiger partial charge in [0.25, 0.3) is 0 Å². The van der Waals surface area contributed by atoms with Crippen LogP contribution in [0, 0.1) is 11.6 Å². The average molecular weight is 275 g/mol. The molecule has 1 N–H and O–H groups in total. The van der Waals surface area contributed by atoms with Gasteiger partial charge in [0, 0.05) is 17.6 Å². The van der Waals surface area contributed by atoms with Crippen LogP contribution in [0.15, 0.2) is 17.0 Å². The van der Waals surface area contributed by atoms with Gasteiger partial charge in [-0.25, -0.2) is 17.2 Å². The van der Waals surface area contributed by atoms with Gasteiger partial charge >= 0.3 is 0 Å². The summed E-state index contributed by atoms with van der Waals surface area (Å²) in [6.45, 7) is 3.75. The number of nitrogens with one attached hydrogen (secondary N) is 1. The number of benzene rings is 1. The third kappa shape index (κ3) is 2.27. The van der Waals surface area contributed by atoms with E-state index in [1.54, 1.807) is 0 Å². The number of hydrogen-bond donors (Lipinski definition) is 1. The SMILES string of the molecule is CC(C)NC1CCS(=O)(=O)c2c(F)ccc(F)c21. The minimum Gasteiger partial charge on any atom is -0.308 e. The molecule has 0 saturated heterocycles. The first-order valence-electron chi connectivity index (χ1n) is 5.79. The topological polar surface area (TPSA) is 46.2 Å². The molecule has 0 aromatic heterocycles. The first-order chi connectivity index (χ1) is 8.33. The van der Waals surface area contributed by atoms with Crippen LogP contribution >= 0.6 is 0 Å². The minimum atomic E-state index is -3.72. The summed E-state index contributed by atoms with van der Waals surface area (Å²) in [5, 5.41) is 3.07. The van der Waals surface area contributed by atoms with E-state index in [0.29, 0.717) is 0 Å². The molecule has 1 aliphatic heterocycles. The molecule has 2 rings (SSSR count). The van der Waals surface area contributed by atoms with E-state index in [1.807, 2.05) is 13.8 Å². The maximum Gasteiger partial charge on any atom is 0.181 e. The second-order valence-corrected chi connectivity index (χ2v) is 6.80. The molecule has 1 aromatic rings. The second kappa shape index (κ2) is 4.59. The van der Waals surface area contributed by atoms with Crippen LogP contribution in [0.3, 0.4) is 0 Å². The Labute approximate surface area is 105 Å². The quantitative estimate of drug-likeness (QED) is 0.900. The van der Waals surface area contributed by atoms with Gasteiger partial charge in [-0.05, 0) is 18.6 Å². The van der Waals surface area contributed by atoms with Gasteiger partial charge in [-0.15, -0.1) is 0 Å².